The fraction of sp³-hybridized carbons (Fsp3) is 0. The van der Waals surface area contributed by atoms with Crippen LogP contribution in [0.2, 0.25) is 0 Å². The van der Waals surface area contributed by atoms with Crippen molar-refractivity contribution in [2.24, 2.45) is 0 Å². The highest BCUT2D eigenvalue weighted by Gasteiger charge is 2.08. The van der Waals surface area contributed by atoms with Crippen LogP contribution < -0.4 is 5.56 Å². The first-order valence-corrected chi connectivity index (χ1v) is 6.93. The standard InChI is InChI=1S/C12H7IN2OS/c13-9-5-14-11(15-12(9)16)8-6-17-10-4-2-1-3-7(8)10/h1-6H,(H,14,15,16). The van der Waals surface area contributed by atoms with E-state index in [0.29, 0.717) is 9.39 Å². The Bertz CT molecular complexity index is 747. The summed E-state index contributed by atoms with van der Waals surface area (Å²) < 4.78 is 1.80. The van der Waals surface area contributed by atoms with Gasteiger partial charge in [0.25, 0.3) is 5.56 Å². The minimum Gasteiger partial charge on any atom is -0.306 e. The molecule has 1 aromatic carbocycles. The summed E-state index contributed by atoms with van der Waals surface area (Å²) in [6.45, 7) is 0. The molecule has 0 bridgehead atoms. The lowest BCUT2D eigenvalue weighted by Gasteiger charge is -1.98. The van der Waals surface area contributed by atoms with Crippen molar-refractivity contribution < 1.29 is 0 Å². The van der Waals surface area contributed by atoms with Crippen molar-refractivity contribution in [1.82, 2.24) is 9.97 Å². The third-order valence-electron chi connectivity index (χ3n) is 2.49. The van der Waals surface area contributed by atoms with E-state index in [4.69, 9.17) is 0 Å². The Morgan fingerprint density at radius 3 is 2.94 bits per heavy atom. The predicted octanol–water partition coefficient (Wildman–Crippen LogP) is 3.26. The molecule has 2 heterocycles. The van der Waals surface area contributed by atoms with Crippen LogP contribution in [-0.4, -0.2) is 9.97 Å². The molecule has 0 amide bonds. The molecular weight excluding hydrogens is 347 g/mol. The van der Waals surface area contributed by atoms with Gasteiger partial charge in [-0.1, -0.05) is 18.2 Å². The summed E-state index contributed by atoms with van der Waals surface area (Å²) in [5.74, 6) is 0.632. The lowest BCUT2D eigenvalue weighted by Crippen LogP contribution is -2.11. The van der Waals surface area contributed by atoms with Crippen LogP contribution in [0.5, 0.6) is 0 Å². The minimum atomic E-state index is -0.0918. The minimum absolute atomic E-state index is 0.0918. The molecule has 0 fully saturated rings. The summed E-state index contributed by atoms with van der Waals surface area (Å²) in [4.78, 5) is 18.6. The molecule has 5 heteroatoms. The number of H-pyrrole nitrogens is 1. The fourth-order valence-corrected chi connectivity index (χ4v) is 2.90. The van der Waals surface area contributed by atoms with Crippen LogP contribution in [0, 0.1) is 3.57 Å². The summed E-state index contributed by atoms with van der Waals surface area (Å²) in [5, 5.41) is 3.15. The van der Waals surface area contributed by atoms with E-state index < -0.39 is 0 Å². The number of aromatic amines is 1. The van der Waals surface area contributed by atoms with Crippen LogP contribution >= 0.6 is 33.9 Å². The van der Waals surface area contributed by atoms with Crippen LogP contribution in [-0.2, 0) is 0 Å². The van der Waals surface area contributed by atoms with Gasteiger partial charge in [0.2, 0.25) is 0 Å². The molecule has 0 unspecified atom stereocenters. The van der Waals surface area contributed by atoms with Gasteiger partial charge in [0.05, 0.1) is 3.57 Å². The molecule has 0 aliphatic heterocycles. The summed E-state index contributed by atoms with van der Waals surface area (Å²) in [5.41, 5.74) is 0.894. The number of nitrogens with one attached hydrogen (secondary N) is 1. The molecule has 0 aliphatic carbocycles. The Labute approximate surface area is 115 Å². The van der Waals surface area contributed by atoms with Crippen molar-refractivity contribution in [2.75, 3.05) is 0 Å². The van der Waals surface area contributed by atoms with Crippen LogP contribution in [0.15, 0.2) is 40.6 Å². The van der Waals surface area contributed by atoms with E-state index in [0.717, 1.165) is 10.9 Å². The molecule has 0 saturated carbocycles. The second kappa shape index (κ2) is 4.23. The maximum Gasteiger partial charge on any atom is 0.264 e. The first kappa shape index (κ1) is 10.9. The zero-order valence-corrected chi connectivity index (χ0v) is 11.6. The average molecular weight is 354 g/mol. The summed E-state index contributed by atoms with van der Waals surface area (Å²) in [6.07, 6.45) is 1.60. The second-order valence-electron chi connectivity index (χ2n) is 3.55. The second-order valence-corrected chi connectivity index (χ2v) is 5.63. The largest absolute Gasteiger partial charge is 0.306 e. The first-order chi connectivity index (χ1) is 8.25. The number of aromatic nitrogens is 2. The number of hydrogen-bond donors (Lipinski definition) is 1. The fourth-order valence-electron chi connectivity index (χ4n) is 1.68. The number of fused-ring (bicyclic) bond motifs is 1. The monoisotopic (exact) mass is 354 g/mol. The van der Waals surface area contributed by atoms with Crippen molar-refractivity contribution in [1.29, 1.82) is 0 Å². The summed E-state index contributed by atoms with van der Waals surface area (Å²) >= 11 is 3.63. The van der Waals surface area contributed by atoms with Gasteiger partial charge in [-0.15, -0.1) is 11.3 Å². The van der Waals surface area contributed by atoms with Crippen LogP contribution in [0.25, 0.3) is 21.5 Å². The molecule has 1 N–H and O–H groups in total. The quantitative estimate of drug-likeness (QED) is 0.682. The third-order valence-corrected chi connectivity index (χ3v) is 4.22. The number of rotatable bonds is 1. The normalized spacial score (nSPS) is 10.9. The maximum atomic E-state index is 11.6. The van der Waals surface area contributed by atoms with E-state index in [2.05, 4.69) is 16.0 Å². The van der Waals surface area contributed by atoms with Gasteiger partial charge in [0.15, 0.2) is 0 Å². The number of halogens is 1. The van der Waals surface area contributed by atoms with Crippen molar-refractivity contribution in [3.05, 3.63) is 49.8 Å². The maximum absolute atomic E-state index is 11.6. The highest BCUT2D eigenvalue weighted by atomic mass is 127. The smallest absolute Gasteiger partial charge is 0.264 e. The topological polar surface area (TPSA) is 45.8 Å². The van der Waals surface area contributed by atoms with Crippen molar-refractivity contribution in [3.63, 3.8) is 0 Å². The van der Waals surface area contributed by atoms with Gasteiger partial charge in [0.1, 0.15) is 5.82 Å². The average Bonchev–Trinajstić information content (AvgIpc) is 2.76. The Morgan fingerprint density at radius 1 is 1.29 bits per heavy atom. The zero-order chi connectivity index (χ0) is 11.8. The molecule has 3 nitrogen and oxygen atoms in total. The lowest BCUT2D eigenvalue weighted by molar-refractivity contribution is 1.11. The Balaban J connectivity index is 2.27. The van der Waals surface area contributed by atoms with Gasteiger partial charge in [-0.25, -0.2) is 4.98 Å². The Hall–Kier alpha value is -1.21. The molecule has 0 radical (unpaired) electrons. The Morgan fingerprint density at radius 2 is 2.12 bits per heavy atom. The molecule has 3 rings (SSSR count). The van der Waals surface area contributed by atoms with E-state index in [1.165, 1.54) is 4.70 Å². The SMILES string of the molecule is O=c1[nH]c(-c2csc3ccccc23)ncc1I. The van der Waals surface area contributed by atoms with Crippen LogP contribution in [0.1, 0.15) is 0 Å². The third kappa shape index (κ3) is 1.89. The zero-order valence-electron chi connectivity index (χ0n) is 8.61. The lowest BCUT2D eigenvalue weighted by atomic mass is 10.2. The van der Waals surface area contributed by atoms with Crippen molar-refractivity contribution in [3.8, 4) is 11.4 Å². The van der Waals surface area contributed by atoms with Gasteiger partial charge in [-0.05, 0) is 28.7 Å². The van der Waals surface area contributed by atoms with Crippen LogP contribution in [0.4, 0.5) is 0 Å². The van der Waals surface area contributed by atoms with Gasteiger partial charge in [-0.3, -0.25) is 4.79 Å². The molecule has 0 saturated heterocycles. The predicted molar refractivity (Wildman–Crippen MR) is 78.4 cm³/mol. The van der Waals surface area contributed by atoms with E-state index >= 15 is 0 Å². The number of hydrogen-bond acceptors (Lipinski definition) is 3. The molecule has 0 atom stereocenters. The van der Waals surface area contributed by atoms with Crippen molar-refractivity contribution >= 4 is 44.0 Å². The molecule has 17 heavy (non-hydrogen) atoms. The highest BCUT2D eigenvalue weighted by Crippen LogP contribution is 2.31. The summed E-state index contributed by atoms with van der Waals surface area (Å²) in [6, 6.07) is 8.10. The Kier molecular flexibility index (Phi) is 2.71. The molecule has 0 spiro atoms. The first-order valence-electron chi connectivity index (χ1n) is 4.97. The van der Waals surface area contributed by atoms with Gasteiger partial charge in [-0.2, -0.15) is 0 Å². The number of thiophene rings is 1. The molecule has 3 aromatic rings. The van der Waals surface area contributed by atoms with Gasteiger partial charge >= 0.3 is 0 Å². The highest BCUT2D eigenvalue weighted by molar-refractivity contribution is 14.1. The van der Waals surface area contributed by atoms with Gasteiger partial charge < -0.3 is 4.98 Å². The van der Waals surface area contributed by atoms with Crippen LogP contribution in [0.3, 0.4) is 0 Å². The van der Waals surface area contributed by atoms with Gasteiger partial charge in [0, 0.05) is 27.2 Å². The van der Waals surface area contributed by atoms with E-state index in [1.807, 2.05) is 46.2 Å². The van der Waals surface area contributed by atoms with E-state index in [1.54, 1.807) is 17.5 Å². The van der Waals surface area contributed by atoms with E-state index in [-0.39, 0.29) is 5.56 Å². The molecule has 2 aromatic heterocycles. The molecule has 0 aliphatic rings. The van der Waals surface area contributed by atoms with E-state index in [9.17, 15) is 4.79 Å². The van der Waals surface area contributed by atoms with Crippen molar-refractivity contribution in [2.45, 2.75) is 0 Å². The number of benzene rings is 1. The molecular formula is C12H7IN2OS. The summed E-state index contributed by atoms with van der Waals surface area (Å²) in [7, 11) is 0. The molecule has 84 valence electrons. The number of nitrogens with zero attached hydrogens (tertiary/aromatic N) is 1.